The average molecular weight is 491 g/mol. The summed E-state index contributed by atoms with van der Waals surface area (Å²) in [4.78, 5) is 24.3. The van der Waals surface area contributed by atoms with E-state index in [2.05, 4.69) is 10.3 Å². The third kappa shape index (κ3) is 7.35. The molecule has 2 unspecified atom stereocenters. The first-order chi connectivity index (χ1) is 16.1. The van der Waals surface area contributed by atoms with Gasteiger partial charge in [-0.2, -0.15) is 17.6 Å². The molecule has 2 atom stereocenters. The number of benzene rings is 1. The number of methoxy groups -OCH3 is 1. The van der Waals surface area contributed by atoms with Crippen LogP contribution in [0.1, 0.15) is 28.4 Å². The number of primary amides is 1. The third-order valence-corrected chi connectivity index (χ3v) is 4.65. The highest BCUT2D eigenvalue weighted by Crippen LogP contribution is 2.41. The number of anilines is 1. The predicted molar refractivity (Wildman–Crippen MR) is 109 cm³/mol. The number of hydrogen-bond donors (Lipinski definition) is 2. The lowest BCUT2D eigenvalue weighted by atomic mass is 9.95. The molecule has 0 radical (unpaired) electrons. The Balaban J connectivity index is 0.000000287. The van der Waals surface area contributed by atoms with Crippen molar-refractivity contribution in [2.45, 2.75) is 24.6 Å². The van der Waals surface area contributed by atoms with Gasteiger partial charge in [0.25, 0.3) is 5.91 Å². The van der Waals surface area contributed by atoms with E-state index in [4.69, 9.17) is 19.9 Å². The van der Waals surface area contributed by atoms with Crippen molar-refractivity contribution in [3.05, 3.63) is 53.4 Å². The molecule has 2 heterocycles. The fourth-order valence-corrected chi connectivity index (χ4v) is 3.04. The van der Waals surface area contributed by atoms with Crippen molar-refractivity contribution < 1.29 is 45.8 Å². The van der Waals surface area contributed by atoms with Crippen molar-refractivity contribution in [3.63, 3.8) is 0 Å². The van der Waals surface area contributed by atoms with Crippen LogP contribution >= 0.6 is 0 Å². The largest absolute Gasteiger partial charge is 0.488 e. The fraction of sp³-hybridized carbons (Fsp3) is 0.381. The van der Waals surface area contributed by atoms with E-state index < -0.39 is 35.7 Å². The van der Waals surface area contributed by atoms with Gasteiger partial charge in [-0.15, -0.1) is 0 Å². The van der Waals surface area contributed by atoms with Crippen LogP contribution in [0.25, 0.3) is 0 Å². The van der Waals surface area contributed by atoms with Gasteiger partial charge in [0.15, 0.2) is 17.7 Å². The molecule has 0 spiro atoms. The molecule has 0 saturated carbocycles. The third-order valence-electron chi connectivity index (χ3n) is 4.65. The number of halogens is 5. The average Bonchev–Trinajstić information content (AvgIpc) is 3.28. The van der Waals surface area contributed by atoms with E-state index in [-0.39, 0.29) is 43.2 Å². The molecule has 1 aromatic heterocycles. The zero-order chi connectivity index (χ0) is 25.3. The number of nitrogens with two attached hydrogens (primary N) is 1. The second kappa shape index (κ2) is 12.2. The minimum Gasteiger partial charge on any atom is -0.488 e. The van der Waals surface area contributed by atoms with E-state index in [0.717, 1.165) is 6.07 Å². The van der Waals surface area contributed by atoms with Crippen molar-refractivity contribution in [3.8, 4) is 5.75 Å². The zero-order valence-electron chi connectivity index (χ0n) is 17.9. The molecule has 13 heteroatoms. The maximum atomic E-state index is 13.9. The molecule has 0 aliphatic carbocycles. The molecule has 2 aromatic rings. The number of nitrogens with one attached hydrogen (secondary N) is 1. The SMILES string of the molecule is COCCOc1c(C2COC(C(F)(F)F)C2)ccc(F)c1F.NC(=O)c1cc(NC=O)ccn1. The van der Waals surface area contributed by atoms with Gasteiger partial charge in [0.05, 0.1) is 13.2 Å². The van der Waals surface area contributed by atoms with Gasteiger partial charge in [0.1, 0.15) is 12.3 Å². The predicted octanol–water partition coefficient (Wildman–Crippen LogP) is 3.17. The van der Waals surface area contributed by atoms with E-state index in [1.807, 2.05) is 0 Å². The first-order valence-electron chi connectivity index (χ1n) is 9.82. The highest BCUT2D eigenvalue weighted by Gasteiger charge is 2.46. The molecule has 1 aliphatic heterocycles. The molecular formula is C21H22F5N3O5. The standard InChI is InChI=1S/C14H15F5O3.C7H7N3O2/c1-20-4-5-21-13-9(2-3-10(15)12(13)16)8-6-11(22-7-8)14(17,18)19;8-7(12)6-3-5(10-4-11)1-2-9-6/h2-3,8,11H,4-7H2,1H3;1-4H,(H2,8,12)(H,9,10,11). The normalized spacial score (nSPS) is 17.5. The number of amides is 2. The van der Waals surface area contributed by atoms with Gasteiger partial charge in [-0.05, 0) is 24.6 Å². The van der Waals surface area contributed by atoms with Gasteiger partial charge in [-0.3, -0.25) is 14.6 Å². The Labute approximate surface area is 191 Å². The second-order valence-corrected chi connectivity index (χ2v) is 6.97. The smallest absolute Gasteiger partial charge is 0.414 e. The number of alkyl halides is 3. The van der Waals surface area contributed by atoms with Gasteiger partial charge in [0.2, 0.25) is 12.2 Å². The molecule has 1 fully saturated rings. The Bertz CT molecular complexity index is 990. The Morgan fingerprint density at radius 1 is 1.29 bits per heavy atom. The summed E-state index contributed by atoms with van der Waals surface area (Å²) in [6, 6.07) is 5.06. The van der Waals surface area contributed by atoms with Crippen LogP contribution in [0.5, 0.6) is 5.75 Å². The van der Waals surface area contributed by atoms with Crippen LogP contribution in [0.2, 0.25) is 0 Å². The maximum absolute atomic E-state index is 13.9. The molecular weight excluding hydrogens is 469 g/mol. The Kier molecular flexibility index (Phi) is 9.69. The van der Waals surface area contributed by atoms with Crippen LogP contribution in [0.3, 0.4) is 0 Å². The first-order valence-corrected chi connectivity index (χ1v) is 9.82. The Hall–Kier alpha value is -3.32. The van der Waals surface area contributed by atoms with Crippen molar-refractivity contribution in [2.24, 2.45) is 5.73 Å². The van der Waals surface area contributed by atoms with Crippen LogP contribution < -0.4 is 15.8 Å². The second-order valence-electron chi connectivity index (χ2n) is 6.97. The summed E-state index contributed by atoms with van der Waals surface area (Å²) in [5.41, 5.74) is 5.75. The Morgan fingerprint density at radius 2 is 2.03 bits per heavy atom. The molecule has 3 N–H and O–H groups in total. The fourth-order valence-electron chi connectivity index (χ4n) is 3.04. The van der Waals surface area contributed by atoms with Gasteiger partial charge in [-0.1, -0.05) is 6.07 Å². The molecule has 3 rings (SSSR count). The molecule has 1 aromatic carbocycles. The Morgan fingerprint density at radius 3 is 2.62 bits per heavy atom. The summed E-state index contributed by atoms with van der Waals surface area (Å²) in [6.07, 6.45) is -4.83. The number of ether oxygens (including phenoxy) is 3. The van der Waals surface area contributed by atoms with E-state index in [1.165, 1.54) is 25.4 Å². The molecule has 8 nitrogen and oxygen atoms in total. The van der Waals surface area contributed by atoms with Gasteiger partial charge >= 0.3 is 6.18 Å². The highest BCUT2D eigenvalue weighted by atomic mass is 19.4. The van der Waals surface area contributed by atoms with Crippen LogP contribution in [-0.4, -0.2) is 56.5 Å². The molecule has 0 bridgehead atoms. The lowest BCUT2D eigenvalue weighted by molar-refractivity contribution is -0.206. The van der Waals surface area contributed by atoms with E-state index in [1.54, 1.807) is 6.07 Å². The van der Waals surface area contributed by atoms with Gasteiger partial charge in [0, 0.05) is 30.5 Å². The van der Waals surface area contributed by atoms with Crippen LogP contribution in [0, 0.1) is 11.6 Å². The molecule has 186 valence electrons. The minimum absolute atomic E-state index is 0.0415. The lowest BCUT2D eigenvalue weighted by Gasteiger charge is -2.17. The van der Waals surface area contributed by atoms with E-state index in [0.29, 0.717) is 12.1 Å². The van der Waals surface area contributed by atoms with Crippen molar-refractivity contribution in [1.29, 1.82) is 0 Å². The monoisotopic (exact) mass is 491 g/mol. The molecule has 1 aliphatic rings. The topological polar surface area (TPSA) is 113 Å². The number of aromatic nitrogens is 1. The maximum Gasteiger partial charge on any atom is 0.414 e. The summed E-state index contributed by atoms with van der Waals surface area (Å²) in [5.74, 6) is -4.05. The first kappa shape index (κ1) is 26.9. The molecule has 2 amide bonds. The van der Waals surface area contributed by atoms with Crippen LogP contribution in [0.15, 0.2) is 30.5 Å². The summed E-state index contributed by atoms with van der Waals surface area (Å²) in [6.45, 7) is -0.127. The lowest BCUT2D eigenvalue weighted by Crippen LogP contribution is -2.27. The van der Waals surface area contributed by atoms with E-state index in [9.17, 15) is 31.5 Å². The minimum atomic E-state index is -4.48. The van der Waals surface area contributed by atoms with Crippen LogP contribution in [-0.2, 0) is 14.3 Å². The van der Waals surface area contributed by atoms with Gasteiger partial charge < -0.3 is 25.3 Å². The van der Waals surface area contributed by atoms with Crippen molar-refractivity contribution in [1.82, 2.24) is 4.98 Å². The van der Waals surface area contributed by atoms with Gasteiger partial charge in [-0.25, -0.2) is 4.39 Å². The number of rotatable bonds is 8. The van der Waals surface area contributed by atoms with Crippen molar-refractivity contribution in [2.75, 3.05) is 32.2 Å². The van der Waals surface area contributed by atoms with Crippen LogP contribution in [0.4, 0.5) is 27.6 Å². The quantitative estimate of drug-likeness (QED) is 0.333. The molecule has 1 saturated heterocycles. The summed E-state index contributed by atoms with van der Waals surface area (Å²) >= 11 is 0. The molecule has 34 heavy (non-hydrogen) atoms. The summed E-state index contributed by atoms with van der Waals surface area (Å²) < 4.78 is 79.7. The number of pyridine rings is 1. The summed E-state index contributed by atoms with van der Waals surface area (Å²) in [5, 5.41) is 2.37. The highest BCUT2D eigenvalue weighted by molar-refractivity contribution is 5.92. The van der Waals surface area contributed by atoms with Crippen molar-refractivity contribution >= 4 is 18.0 Å². The number of carbonyl (C=O) groups is 2. The zero-order valence-corrected chi connectivity index (χ0v) is 17.9. The summed E-state index contributed by atoms with van der Waals surface area (Å²) in [7, 11) is 1.41. The number of carbonyl (C=O) groups excluding carboxylic acids is 2. The number of hydrogen-bond acceptors (Lipinski definition) is 6. The van der Waals surface area contributed by atoms with E-state index >= 15 is 0 Å². The number of nitrogens with zero attached hydrogens (tertiary/aromatic N) is 1.